The van der Waals surface area contributed by atoms with Gasteiger partial charge in [0.1, 0.15) is 5.75 Å². The molecule has 1 atom stereocenters. The van der Waals surface area contributed by atoms with Crippen molar-refractivity contribution in [2.45, 2.75) is 45.2 Å². The van der Waals surface area contributed by atoms with Gasteiger partial charge in [-0.2, -0.15) is 0 Å². The minimum absolute atomic E-state index is 0.00626. The van der Waals surface area contributed by atoms with Gasteiger partial charge >= 0.3 is 0 Å². The highest BCUT2D eigenvalue weighted by atomic mass is 16.5. The number of likely N-dealkylation sites (N-methyl/N-ethyl adjacent to an activating group) is 1. The molecule has 1 heterocycles. The number of hydrogen-bond donors (Lipinski definition) is 1. The van der Waals surface area contributed by atoms with Gasteiger partial charge in [-0.3, -0.25) is 9.69 Å². The van der Waals surface area contributed by atoms with Gasteiger partial charge in [-0.05, 0) is 39.4 Å². The number of nitrogens with one attached hydrogen (secondary N) is 1. The lowest BCUT2D eigenvalue weighted by atomic mass is 10.1. The lowest BCUT2D eigenvalue weighted by Gasteiger charge is -2.24. The Morgan fingerprint density at radius 3 is 2.95 bits per heavy atom. The summed E-state index contributed by atoms with van der Waals surface area (Å²) in [7, 11) is 2.05. The summed E-state index contributed by atoms with van der Waals surface area (Å²) in [5.74, 6) is 0.986. The topological polar surface area (TPSA) is 41.6 Å². The van der Waals surface area contributed by atoms with Gasteiger partial charge in [0.25, 0.3) is 0 Å². The van der Waals surface area contributed by atoms with Crippen molar-refractivity contribution in [3.8, 4) is 5.75 Å². The fraction of sp³-hybridized carbons (Fsp3) is 0.588. The number of benzene rings is 1. The molecule has 0 spiro atoms. The lowest BCUT2D eigenvalue weighted by Crippen LogP contribution is -2.44. The Bertz CT molecular complexity index is 462. The Labute approximate surface area is 127 Å². The van der Waals surface area contributed by atoms with E-state index in [0.717, 1.165) is 30.7 Å². The average molecular weight is 290 g/mol. The van der Waals surface area contributed by atoms with Crippen LogP contribution >= 0.6 is 0 Å². The van der Waals surface area contributed by atoms with Crippen molar-refractivity contribution in [2.75, 3.05) is 20.2 Å². The quantitative estimate of drug-likeness (QED) is 0.906. The second-order valence-corrected chi connectivity index (χ2v) is 5.60. The zero-order chi connectivity index (χ0) is 15.1. The molecule has 1 fully saturated rings. The number of rotatable bonds is 5. The molecule has 21 heavy (non-hydrogen) atoms. The number of para-hydroxylation sites is 1. The Kier molecular flexibility index (Phi) is 6.05. The van der Waals surface area contributed by atoms with E-state index in [4.69, 9.17) is 4.74 Å². The van der Waals surface area contributed by atoms with Gasteiger partial charge in [0.15, 0.2) is 0 Å². The summed E-state index contributed by atoms with van der Waals surface area (Å²) in [6, 6.07) is 7.88. The monoisotopic (exact) mass is 290 g/mol. The van der Waals surface area contributed by atoms with Crippen molar-refractivity contribution in [1.29, 1.82) is 0 Å². The molecule has 0 saturated carbocycles. The molecule has 1 saturated heterocycles. The Hall–Kier alpha value is -1.55. The molecule has 0 aromatic heterocycles. The normalized spacial score (nSPS) is 19.8. The second kappa shape index (κ2) is 8.03. The van der Waals surface area contributed by atoms with Crippen LogP contribution in [0.25, 0.3) is 0 Å². The zero-order valence-electron chi connectivity index (χ0n) is 13.1. The average Bonchev–Trinajstić information content (AvgIpc) is 2.71. The molecule has 116 valence electrons. The molecule has 1 aliphatic rings. The molecule has 0 unspecified atom stereocenters. The van der Waals surface area contributed by atoms with Crippen LogP contribution in [0.15, 0.2) is 24.3 Å². The number of carbonyl (C=O) groups is 1. The molecule has 1 N–H and O–H groups in total. The number of hydrogen-bond acceptors (Lipinski definition) is 3. The largest absolute Gasteiger partial charge is 0.494 e. The maximum Gasteiger partial charge on any atom is 0.237 e. The molecule has 0 bridgehead atoms. The first kappa shape index (κ1) is 15.8. The number of likely N-dealkylation sites (tertiary alicyclic amines) is 1. The van der Waals surface area contributed by atoms with Crippen LogP contribution in [0.4, 0.5) is 0 Å². The van der Waals surface area contributed by atoms with Crippen LogP contribution < -0.4 is 10.1 Å². The first-order chi connectivity index (χ1) is 10.2. The van der Waals surface area contributed by atoms with Crippen LogP contribution in [0, 0.1) is 0 Å². The highest BCUT2D eigenvalue weighted by Crippen LogP contribution is 2.19. The molecule has 1 aromatic carbocycles. The standard InChI is InChI=1S/C17H26N2O2/c1-3-21-16-11-7-6-9-14(16)13-18-17(20)15-10-5-4-8-12-19(15)2/h6-7,9,11,15H,3-5,8,10,12-13H2,1-2H3,(H,18,20)/t15-/m0/s1. The van der Waals surface area contributed by atoms with Gasteiger partial charge in [0.2, 0.25) is 5.91 Å². The summed E-state index contributed by atoms with van der Waals surface area (Å²) >= 11 is 0. The summed E-state index contributed by atoms with van der Waals surface area (Å²) in [6.07, 6.45) is 4.50. The summed E-state index contributed by atoms with van der Waals surface area (Å²) in [6.45, 7) is 4.14. The van der Waals surface area contributed by atoms with Crippen molar-refractivity contribution in [2.24, 2.45) is 0 Å². The second-order valence-electron chi connectivity index (χ2n) is 5.60. The molecular weight excluding hydrogens is 264 g/mol. The minimum Gasteiger partial charge on any atom is -0.494 e. The molecule has 4 nitrogen and oxygen atoms in total. The lowest BCUT2D eigenvalue weighted by molar-refractivity contribution is -0.126. The molecule has 0 aliphatic carbocycles. The van der Waals surface area contributed by atoms with Gasteiger partial charge in [-0.25, -0.2) is 0 Å². The predicted octanol–water partition coefficient (Wildman–Crippen LogP) is 2.58. The van der Waals surface area contributed by atoms with E-state index in [1.54, 1.807) is 0 Å². The van der Waals surface area contributed by atoms with E-state index in [1.807, 2.05) is 38.2 Å². The molecule has 0 radical (unpaired) electrons. The number of amides is 1. The van der Waals surface area contributed by atoms with E-state index < -0.39 is 0 Å². The highest BCUT2D eigenvalue weighted by Gasteiger charge is 2.24. The summed E-state index contributed by atoms with van der Waals surface area (Å²) < 4.78 is 5.59. The van der Waals surface area contributed by atoms with E-state index >= 15 is 0 Å². The van der Waals surface area contributed by atoms with Crippen molar-refractivity contribution in [3.05, 3.63) is 29.8 Å². The first-order valence-electron chi connectivity index (χ1n) is 7.91. The fourth-order valence-corrected chi connectivity index (χ4v) is 2.83. The van der Waals surface area contributed by atoms with Crippen LogP contribution in [0.2, 0.25) is 0 Å². The van der Waals surface area contributed by atoms with E-state index in [1.165, 1.54) is 12.8 Å². The number of carbonyl (C=O) groups excluding carboxylic acids is 1. The fourth-order valence-electron chi connectivity index (χ4n) is 2.83. The van der Waals surface area contributed by atoms with Crippen LogP contribution in [0.3, 0.4) is 0 Å². The Balaban J connectivity index is 1.94. The van der Waals surface area contributed by atoms with Crippen LogP contribution in [0.5, 0.6) is 5.75 Å². The third kappa shape index (κ3) is 4.46. The van der Waals surface area contributed by atoms with Gasteiger partial charge in [-0.1, -0.05) is 31.0 Å². The Morgan fingerprint density at radius 2 is 2.14 bits per heavy atom. The minimum atomic E-state index is 0.00626. The van der Waals surface area contributed by atoms with E-state index in [9.17, 15) is 4.79 Å². The van der Waals surface area contributed by atoms with Gasteiger partial charge in [0, 0.05) is 12.1 Å². The smallest absolute Gasteiger partial charge is 0.237 e. The van der Waals surface area contributed by atoms with Gasteiger partial charge in [-0.15, -0.1) is 0 Å². The van der Waals surface area contributed by atoms with Crippen LogP contribution in [-0.2, 0) is 11.3 Å². The number of nitrogens with zero attached hydrogens (tertiary/aromatic N) is 1. The van der Waals surface area contributed by atoms with E-state index in [0.29, 0.717) is 13.2 Å². The SMILES string of the molecule is CCOc1ccccc1CNC(=O)[C@@H]1CCCCCN1C. The zero-order valence-corrected chi connectivity index (χ0v) is 13.1. The summed E-state index contributed by atoms with van der Waals surface area (Å²) in [4.78, 5) is 14.6. The summed E-state index contributed by atoms with van der Waals surface area (Å²) in [5.41, 5.74) is 1.03. The maximum absolute atomic E-state index is 12.4. The molecule has 1 aromatic rings. The first-order valence-corrected chi connectivity index (χ1v) is 7.91. The molecular formula is C17H26N2O2. The van der Waals surface area contributed by atoms with Crippen LogP contribution in [-0.4, -0.2) is 37.0 Å². The van der Waals surface area contributed by atoms with E-state index in [2.05, 4.69) is 10.2 Å². The van der Waals surface area contributed by atoms with E-state index in [-0.39, 0.29) is 11.9 Å². The van der Waals surface area contributed by atoms with Crippen LogP contribution in [0.1, 0.15) is 38.2 Å². The van der Waals surface area contributed by atoms with Gasteiger partial charge < -0.3 is 10.1 Å². The molecule has 4 heteroatoms. The Morgan fingerprint density at radius 1 is 1.33 bits per heavy atom. The van der Waals surface area contributed by atoms with Crippen molar-refractivity contribution in [1.82, 2.24) is 10.2 Å². The molecule has 1 aliphatic heterocycles. The molecule has 1 amide bonds. The third-order valence-corrected chi connectivity index (χ3v) is 4.05. The maximum atomic E-state index is 12.4. The number of ether oxygens (including phenoxy) is 1. The third-order valence-electron chi connectivity index (χ3n) is 4.05. The highest BCUT2D eigenvalue weighted by molar-refractivity contribution is 5.81. The predicted molar refractivity (Wildman–Crippen MR) is 84.3 cm³/mol. The van der Waals surface area contributed by atoms with Crippen molar-refractivity contribution in [3.63, 3.8) is 0 Å². The molecule has 2 rings (SSSR count). The summed E-state index contributed by atoms with van der Waals surface area (Å²) in [5, 5.41) is 3.07. The van der Waals surface area contributed by atoms with Crippen molar-refractivity contribution >= 4 is 5.91 Å². The van der Waals surface area contributed by atoms with Crippen molar-refractivity contribution < 1.29 is 9.53 Å². The van der Waals surface area contributed by atoms with Gasteiger partial charge in [0.05, 0.1) is 12.6 Å².